The van der Waals surface area contributed by atoms with Crippen molar-refractivity contribution in [3.05, 3.63) is 23.7 Å². The van der Waals surface area contributed by atoms with E-state index in [-0.39, 0.29) is 5.91 Å². The zero-order chi connectivity index (χ0) is 11.8. The van der Waals surface area contributed by atoms with E-state index in [4.69, 9.17) is 4.42 Å². The molecular formula is C12H17NO3. The van der Waals surface area contributed by atoms with Crippen LogP contribution >= 0.6 is 0 Å². The average molecular weight is 223 g/mol. The van der Waals surface area contributed by atoms with E-state index < -0.39 is 5.60 Å². The molecule has 1 aromatic heterocycles. The van der Waals surface area contributed by atoms with Gasteiger partial charge in [0.15, 0.2) is 5.76 Å². The average Bonchev–Trinajstić information content (AvgIpc) is 2.60. The van der Waals surface area contributed by atoms with Gasteiger partial charge in [0, 0.05) is 5.56 Å². The Morgan fingerprint density at radius 1 is 1.62 bits per heavy atom. The molecule has 2 heterocycles. The van der Waals surface area contributed by atoms with Crippen molar-refractivity contribution in [3.63, 3.8) is 0 Å². The Hall–Kier alpha value is -1.29. The topological polar surface area (TPSA) is 53.7 Å². The molecule has 1 saturated heterocycles. The smallest absolute Gasteiger partial charge is 0.290 e. The summed E-state index contributed by atoms with van der Waals surface area (Å²) in [4.78, 5) is 13.5. The van der Waals surface area contributed by atoms with Crippen molar-refractivity contribution in [2.45, 2.75) is 32.3 Å². The second-order valence-corrected chi connectivity index (χ2v) is 4.57. The maximum Gasteiger partial charge on any atom is 0.290 e. The molecule has 0 spiro atoms. The Morgan fingerprint density at radius 3 is 2.81 bits per heavy atom. The lowest BCUT2D eigenvalue weighted by molar-refractivity contribution is -0.0868. The minimum absolute atomic E-state index is 0.122. The van der Waals surface area contributed by atoms with Gasteiger partial charge in [0.2, 0.25) is 0 Å². The third-order valence-corrected chi connectivity index (χ3v) is 3.03. The van der Waals surface area contributed by atoms with Crippen LogP contribution in [0.4, 0.5) is 0 Å². The molecule has 4 heteroatoms. The molecule has 0 aliphatic carbocycles. The van der Waals surface area contributed by atoms with Gasteiger partial charge in [-0.3, -0.25) is 4.79 Å². The molecule has 1 aliphatic heterocycles. The molecule has 88 valence electrons. The lowest BCUT2D eigenvalue weighted by Crippen LogP contribution is -2.63. The van der Waals surface area contributed by atoms with Gasteiger partial charge in [0.25, 0.3) is 5.91 Å². The number of hydrogen-bond acceptors (Lipinski definition) is 3. The number of amides is 1. The van der Waals surface area contributed by atoms with Crippen LogP contribution in [-0.4, -0.2) is 34.6 Å². The van der Waals surface area contributed by atoms with Gasteiger partial charge in [-0.1, -0.05) is 13.3 Å². The monoisotopic (exact) mass is 223 g/mol. The normalized spacial score (nSPS) is 18.3. The molecule has 1 fully saturated rings. The Kier molecular flexibility index (Phi) is 2.76. The third kappa shape index (κ3) is 1.85. The van der Waals surface area contributed by atoms with Crippen LogP contribution in [0, 0.1) is 6.92 Å². The summed E-state index contributed by atoms with van der Waals surface area (Å²) in [6.07, 6.45) is 3.19. The zero-order valence-electron chi connectivity index (χ0n) is 9.69. The summed E-state index contributed by atoms with van der Waals surface area (Å²) in [5, 5.41) is 9.97. The highest BCUT2D eigenvalue weighted by Crippen LogP contribution is 2.27. The molecule has 0 aromatic carbocycles. The van der Waals surface area contributed by atoms with Gasteiger partial charge in [0.05, 0.1) is 25.0 Å². The standard InChI is InChI=1S/C12H17NO3/c1-3-5-12(15)7-13(8-12)11(14)10-9(2)4-6-16-10/h4,6,15H,3,5,7-8H2,1-2H3. The molecule has 0 radical (unpaired) electrons. The second-order valence-electron chi connectivity index (χ2n) is 4.57. The van der Waals surface area contributed by atoms with Crippen LogP contribution in [0.5, 0.6) is 0 Å². The number of carbonyl (C=O) groups excluding carboxylic acids is 1. The minimum atomic E-state index is -0.676. The fourth-order valence-electron chi connectivity index (χ4n) is 2.17. The molecule has 1 N–H and O–H groups in total. The quantitative estimate of drug-likeness (QED) is 0.846. The Morgan fingerprint density at radius 2 is 2.31 bits per heavy atom. The van der Waals surface area contributed by atoms with Crippen LogP contribution in [0.2, 0.25) is 0 Å². The summed E-state index contributed by atoms with van der Waals surface area (Å²) in [5.74, 6) is 0.266. The molecule has 0 unspecified atom stereocenters. The number of nitrogens with zero attached hydrogens (tertiary/aromatic N) is 1. The number of hydrogen-bond donors (Lipinski definition) is 1. The maximum atomic E-state index is 11.9. The highest BCUT2D eigenvalue weighted by molar-refractivity contribution is 5.93. The lowest BCUT2D eigenvalue weighted by Gasteiger charge is -2.46. The van der Waals surface area contributed by atoms with E-state index in [9.17, 15) is 9.90 Å². The molecule has 1 aliphatic rings. The van der Waals surface area contributed by atoms with E-state index in [1.165, 1.54) is 6.26 Å². The number of β-amino-alcohol motifs (C(OH)–C–C–N with tert-alkyl or cyclic N) is 1. The number of likely N-dealkylation sites (tertiary alicyclic amines) is 1. The van der Waals surface area contributed by atoms with Gasteiger partial charge in [-0.25, -0.2) is 0 Å². The van der Waals surface area contributed by atoms with Gasteiger partial charge < -0.3 is 14.4 Å². The maximum absolute atomic E-state index is 11.9. The van der Waals surface area contributed by atoms with Crippen LogP contribution in [0.3, 0.4) is 0 Å². The first kappa shape index (κ1) is 11.2. The van der Waals surface area contributed by atoms with Gasteiger partial charge in [-0.15, -0.1) is 0 Å². The first-order chi connectivity index (χ1) is 7.56. The molecule has 2 rings (SSSR count). The predicted octanol–water partition coefficient (Wildman–Crippen LogP) is 1.58. The molecule has 4 nitrogen and oxygen atoms in total. The number of carbonyl (C=O) groups is 1. The fourth-order valence-corrected chi connectivity index (χ4v) is 2.17. The number of aliphatic hydroxyl groups is 1. The summed E-state index contributed by atoms with van der Waals surface area (Å²) in [5.41, 5.74) is 0.168. The van der Waals surface area contributed by atoms with E-state index in [0.717, 1.165) is 18.4 Å². The largest absolute Gasteiger partial charge is 0.459 e. The third-order valence-electron chi connectivity index (χ3n) is 3.03. The SMILES string of the molecule is CCCC1(O)CN(C(=O)c2occc2C)C1. The van der Waals surface area contributed by atoms with Crippen molar-refractivity contribution in [1.82, 2.24) is 4.90 Å². The van der Waals surface area contributed by atoms with E-state index in [2.05, 4.69) is 0 Å². The Balaban J connectivity index is 1.98. The van der Waals surface area contributed by atoms with E-state index in [1.807, 2.05) is 13.8 Å². The van der Waals surface area contributed by atoms with Gasteiger partial charge >= 0.3 is 0 Å². The second kappa shape index (κ2) is 3.94. The minimum Gasteiger partial charge on any atom is -0.459 e. The lowest BCUT2D eigenvalue weighted by atomic mass is 9.89. The highest BCUT2D eigenvalue weighted by Gasteiger charge is 2.43. The molecule has 0 atom stereocenters. The van der Waals surface area contributed by atoms with Crippen molar-refractivity contribution < 1.29 is 14.3 Å². The van der Waals surface area contributed by atoms with Crippen LogP contribution in [-0.2, 0) is 0 Å². The molecule has 1 aromatic rings. The summed E-state index contributed by atoms with van der Waals surface area (Å²) < 4.78 is 5.14. The summed E-state index contributed by atoms with van der Waals surface area (Å²) in [7, 11) is 0. The molecule has 0 saturated carbocycles. The highest BCUT2D eigenvalue weighted by atomic mass is 16.3. The Labute approximate surface area is 94.9 Å². The van der Waals surface area contributed by atoms with Crippen molar-refractivity contribution in [3.8, 4) is 0 Å². The van der Waals surface area contributed by atoms with Gasteiger partial charge in [-0.2, -0.15) is 0 Å². The van der Waals surface area contributed by atoms with Crippen molar-refractivity contribution in [2.24, 2.45) is 0 Å². The number of furan rings is 1. The summed E-state index contributed by atoms with van der Waals surface area (Å²) in [6, 6.07) is 1.77. The number of aryl methyl sites for hydroxylation is 1. The zero-order valence-corrected chi connectivity index (χ0v) is 9.69. The molecule has 16 heavy (non-hydrogen) atoms. The van der Waals surface area contributed by atoms with Gasteiger partial charge in [-0.05, 0) is 19.4 Å². The molecule has 0 bridgehead atoms. The van der Waals surface area contributed by atoms with Crippen LogP contribution in [0.25, 0.3) is 0 Å². The first-order valence-electron chi connectivity index (χ1n) is 5.61. The first-order valence-corrected chi connectivity index (χ1v) is 5.61. The molecule has 1 amide bonds. The van der Waals surface area contributed by atoms with Crippen molar-refractivity contribution in [1.29, 1.82) is 0 Å². The summed E-state index contributed by atoms with van der Waals surface area (Å²) in [6.45, 7) is 4.70. The predicted molar refractivity (Wildman–Crippen MR) is 59.2 cm³/mol. The van der Waals surface area contributed by atoms with Crippen LogP contribution in [0.1, 0.15) is 35.9 Å². The number of rotatable bonds is 3. The van der Waals surface area contributed by atoms with Crippen LogP contribution in [0.15, 0.2) is 16.7 Å². The van der Waals surface area contributed by atoms with Gasteiger partial charge in [0.1, 0.15) is 0 Å². The fraction of sp³-hybridized carbons (Fsp3) is 0.583. The van der Waals surface area contributed by atoms with Crippen molar-refractivity contribution in [2.75, 3.05) is 13.1 Å². The van der Waals surface area contributed by atoms with Crippen molar-refractivity contribution >= 4 is 5.91 Å². The van der Waals surface area contributed by atoms with Crippen LogP contribution < -0.4 is 0 Å². The van der Waals surface area contributed by atoms with E-state index >= 15 is 0 Å². The van der Waals surface area contributed by atoms with E-state index in [0.29, 0.717) is 18.8 Å². The summed E-state index contributed by atoms with van der Waals surface area (Å²) >= 11 is 0. The van der Waals surface area contributed by atoms with E-state index in [1.54, 1.807) is 11.0 Å². The molecular weight excluding hydrogens is 206 g/mol. The Bertz CT molecular complexity index is 391.